The molecule has 1 N–H and O–H groups in total. The number of hydrogen-bond acceptors (Lipinski definition) is 4. The number of methoxy groups -OCH3 is 1. The predicted molar refractivity (Wildman–Crippen MR) is 116 cm³/mol. The van der Waals surface area contributed by atoms with Gasteiger partial charge in [-0.25, -0.2) is 0 Å². The molecule has 0 atom stereocenters. The second kappa shape index (κ2) is 10.1. The maximum atomic E-state index is 12.4. The standard InChI is InChI=1S/C24H24N2O4/c1-26-16-23(30-17-19-7-4-3-5-8-19)22(27)14-20(26)15-25-24(28)12-11-18-9-6-10-21(13-18)29-2/h3-14,16H,15,17H2,1-2H3,(H,25,28)/b12-11+. The summed E-state index contributed by atoms with van der Waals surface area (Å²) in [6.45, 7) is 0.549. The molecule has 0 aliphatic carbocycles. The number of pyridine rings is 1. The van der Waals surface area contributed by atoms with Crippen LogP contribution in [-0.4, -0.2) is 17.6 Å². The number of amides is 1. The first-order valence-corrected chi connectivity index (χ1v) is 9.51. The molecule has 0 unspecified atom stereocenters. The van der Waals surface area contributed by atoms with Crippen LogP contribution in [0.1, 0.15) is 16.8 Å². The van der Waals surface area contributed by atoms with E-state index in [4.69, 9.17) is 9.47 Å². The van der Waals surface area contributed by atoms with Gasteiger partial charge in [0.15, 0.2) is 5.75 Å². The van der Waals surface area contributed by atoms with Gasteiger partial charge in [0.1, 0.15) is 12.4 Å². The average molecular weight is 404 g/mol. The van der Waals surface area contributed by atoms with Crippen molar-refractivity contribution in [3.8, 4) is 11.5 Å². The van der Waals surface area contributed by atoms with Crippen LogP contribution in [0.3, 0.4) is 0 Å². The zero-order chi connectivity index (χ0) is 21.3. The number of hydrogen-bond donors (Lipinski definition) is 1. The highest BCUT2D eigenvalue weighted by atomic mass is 16.5. The van der Waals surface area contributed by atoms with Gasteiger partial charge in [-0.2, -0.15) is 0 Å². The Kier molecular flexibility index (Phi) is 7.05. The van der Waals surface area contributed by atoms with Gasteiger partial charge in [0.25, 0.3) is 0 Å². The Morgan fingerprint density at radius 2 is 1.90 bits per heavy atom. The maximum Gasteiger partial charge on any atom is 0.244 e. The van der Waals surface area contributed by atoms with E-state index in [1.165, 1.54) is 12.1 Å². The van der Waals surface area contributed by atoms with Crippen LogP contribution in [0.25, 0.3) is 6.08 Å². The van der Waals surface area contributed by atoms with Crippen LogP contribution >= 0.6 is 0 Å². The van der Waals surface area contributed by atoms with Gasteiger partial charge in [-0.1, -0.05) is 42.5 Å². The third-order valence-electron chi connectivity index (χ3n) is 4.51. The number of ether oxygens (including phenoxy) is 2. The Bertz CT molecular complexity index is 1090. The van der Waals surface area contributed by atoms with Crippen LogP contribution in [0.15, 0.2) is 77.7 Å². The van der Waals surface area contributed by atoms with E-state index in [9.17, 15) is 9.59 Å². The Morgan fingerprint density at radius 1 is 1.10 bits per heavy atom. The van der Waals surface area contributed by atoms with Crippen LogP contribution < -0.4 is 20.2 Å². The Hall–Kier alpha value is -3.80. The zero-order valence-electron chi connectivity index (χ0n) is 17.0. The molecule has 0 aliphatic rings. The van der Waals surface area contributed by atoms with E-state index >= 15 is 0 Å². The summed E-state index contributed by atoms with van der Waals surface area (Å²) in [4.78, 5) is 24.5. The van der Waals surface area contributed by atoms with Gasteiger partial charge in [0, 0.05) is 24.9 Å². The molecular formula is C24H24N2O4. The van der Waals surface area contributed by atoms with Crippen LogP contribution in [0.4, 0.5) is 0 Å². The smallest absolute Gasteiger partial charge is 0.244 e. The molecule has 2 aromatic carbocycles. The number of aromatic nitrogens is 1. The van der Waals surface area contributed by atoms with Gasteiger partial charge >= 0.3 is 0 Å². The first kappa shape index (κ1) is 20.9. The normalized spacial score (nSPS) is 10.7. The molecule has 30 heavy (non-hydrogen) atoms. The molecule has 0 bridgehead atoms. The Balaban J connectivity index is 1.58. The molecule has 0 fully saturated rings. The summed E-state index contributed by atoms with van der Waals surface area (Å²) in [5, 5.41) is 2.79. The van der Waals surface area contributed by atoms with Crippen LogP contribution in [0.5, 0.6) is 11.5 Å². The molecule has 0 saturated heterocycles. The summed E-state index contributed by atoms with van der Waals surface area (Å²) < 4.78 is 12.6. The van der Waals surface area contributed by atoms with E-state index < -0.39 is 0 Å². The van der Waals surface area contributed by atoms with Crippen molar-refractivity contribution in [3.05, 3.63) is 100.0 Å². The number of benzene rings is 2. The van der Waals surface area contributed by atoms with Crippen molar-refractivity contribution >= 4 is 12.0 Å². The van der Waals surface area contributed by atoms with E-state index in [-0.39, 0.29) is 23.6 Å². The van der Waals surface area contributed by atoms with Gasteiger partial charge in [0.2, 0.25) is 11.3 Å². The van der Waals surface area contributed by atoms with Crippen molar-refractivity contribution in [3.63, 3.8) is 0 Å². The second-order valence-corrected chi connectivity index (χ2v) is 6.71. The van der Waals surface area contributed by atoms with Crippen molar-refractivity contribution in [2.75, 3.05) is 7.11 Å². The summed E-state index contributed by atoms with van der Waals surface area (Å²) in [7, 11) is 3.40. The second-order valence-electron chi connectivity index (χ2n) is 6.71. The summed E-state index contributed by atoms with van der Waals surface area (Å²) >= 11 is 0. The van der Waals surface area contributed by atoms with Crippen LogP contribution in [0, 0.1) is 0 Å². The number of nitrogens with zero attached hydrogens (tertiary/aromatic N) is 1. The minimum Gasteiger partial charge on any atom is -0.497 e. The average Bonchev–Trinajstić information content (AvgIpc) is 2.77. The molecule has 1 heterocycles. The number of nitrogens with one attached hydrogen (secondary N) is 1. The summed E-state index contributed by atoms with van der Waals surface area (Å²) in [6.07, 6.45) is 4.79. The number of rotatable bonds is 8. The Labute approximate surface area is 175 Å². The monoisotopic (exact) mass is 404 g/mol. The highest BCUT2D eigenvalue weighted by molar-refractivity contribution is 5.91. The lowest BCUT2D eigenvalue weighted by molar-refractivity contribution is -0.116. The fraction of sp³-hybridized carbons (Fsp3) is 0.167. The molecule has 3 aromatic rings. The van der Waals surface area contributed by atoms with Gasteiger partial charge in [-0.05, 0) is 29.3 Å². The molecule has 1 amide bonds. The third-order valence-corrected chi connectivity index (χ3v) is 4.51. The van der Waals surface area contributed by atoms with E-state index in [1.807, 2.05) is 61.6 Å². The van der Waals surface area contributed by atoms with Crippen LogP contribution in [-0.2, 0) is 25.0 Å². The van der Waals surface area contributed by atoms with Crippen LogP contribution in [0.2, 0.25) is 0 Å². The minimum absolute atomic E-state index is 0.222. The van der Waals surface area contributed by atoms with Crippen molar-refractivity contribution in [1.29, 1.82) is 0 Å². The van der Waals surface area contributed by atoms with Gasteiger partial charge in [-0.15, -0.1) is 0 Å². The molecule has 0 spiro atoms. The third kappa shape index (κ3) is 5.85. The molecule has 6 nitrogen and oxygen atoms in total. The molecule has 6 heteroatoms. The SMILES string of the molecule is COc1cccc(/C=C/C(=O)NCc2cc(=O)c(OCc3ccccc3)cn2C)c1. The predicted octanol–water partition coefficient (Wildman–Crippen LogP) is 3.30. The fourth-order valence-electron chi connectivity index (χ4n) is 2.82. The van der Waals surface area contributed by atoms with Gasteiger partial charge < -0.3 is 19.4 Å². The van der Waals surface area contributed by atoms with E-state index in [2.05, 4.69) is 5.32 Å². The number of carbonyl (C=O) groups excluding carboxylic acids is 1. The first-order valence-electron chi connectivity index (χ1n) is 9.51. The highest BCUT2D eigenvalue weighted by Gasteiger charge is 2.07. The molecular weight excluding hydrogens is 380 g/mol. The molecule has 0 aliphatic heterocycles. The van der Waals surface area contributed by atoms with Crippen molar-refractivity contribution in [2.24, 2.45) is 7.05 Å². The van der Waals surface area contributed by atoms with Gasteiger partial charge in [-0.3, -0.25) is 9.59 Å². The summed E-state index contributed by atoms with van der Waals surface area (Å²) in [6, 6.07) is 18.5. The van der Waals surface area contributed by atoms with Gasteiger partial charge in [0.05, 0.1) is 19.9 Å². The largest absolute Gasteiger partial charge is 0.497 e. The molecule has 154 valence electrons. The number of aryl methyl sites for hydroxylation is 1. The lowest BCUT2D eigenvalue weighted by Gasteiger charge is -2.12. The number of carbonyl (C=O) groups is 1. The minimum atomic E-state index is -0.255. The quantitative estimate of drug-likeness (QED) is 0.585. The van der Waals surface area contributed by atoms with E-state index in [0.717, 1.165) is 16.9 Å². The summed E-state index contributed by atoms with van der Waals surface area (Å²) in [5.74, 6) is 0.742. The molecule has 0 radical (unpaired) electrons. The molecule has 1 aromatic heterocycles. The van der Waals surface area contributed by atoms with Crippen molar-refractivity contribution < 1.29 is 14.3 Å². The zero-order valence-corrected chi connectivity index (χ0v) is 17.0. The first-order chi connectivity index (χ1) is 14.5. The summed E-state index contributed by atoms with van der Waals surface area (Å²) in [5.41, 5.74) is 2.30. The maximum absolute atomic E-state index is 12.4. The Morgan fingerprint density at radius 3 is 2.67 bits per heavy atom. The fourth-order valence-corrected chi connectivity index (χ4v) is 2.82. The highest BCUT2D eigenvalue weighted by Crippen LogP contribution is 2.13. The topological polar surface area (TPSA) is 69.6 Å². The van der Waals surface area contributed by atoms with E-state index in [1.54, 1.807) is 23.9 Å². The van der Waals surface area contributed by atoms with Crippen molar-refractivity contribution in [2.45, 2.75) is 13.2 Å². The lowest BCUT2D eigenvalue weighted by atomic mass is 10.2. The molecule has 3 rings (SSSR count). The lowest BCUT2D eigenvalue weighted by Crippen LogP contribution is -2.24. The molecule has 0 saturated carbocycles. The van der Waals surface area contributed by atoms with Crippen molar-refractivity contribution in [1.82, 2.24) is 9.88 Å². The van der Waals surface area contributed by atoms with E-state index in [0.29, 0.717) is 12.3 Å².